The van der Waals surface area contributed by atoms with Gasteiger partial charge in [-0.15, -0.1) is 0 Å². The van der Waals surface area contributed by atoms with Crippen molar-refractivity contribution in [2.75, 3.05) is 18.5 Å². The van der Waals surface area contributed by atoms with Crippen LogP contribution in [0.25, 0.3) is 0 Å². The Balaban J connectivity index is 1.71. The summed E-state index contributed by atoms with van der Waals surface area (Å²) in [6.45, 7) is 0.646. The topological polar surface area (TPSA) is 58.6 Å². The Bertz CT molecular complexity index is 701. The first-order chi connectivity index (χ1) is 11.6. The second-order valence-electron chi connectivity index (χ2n) is 6.05. The van der Waals surface area contributed by atoms with Gasteiger partial charge in [0.15, 0.2) is 0 Å². The van der Waals surface area contributed by atoms with Crippen LogP contribution in [-0.4, -0.2) is 24.2 Å². The molecular weight excluding hydrogens is 326 g/mol. The molecule has 1 aliphatic rings. The van der Waals surface area contributed by atoms with Crippen LogP contribution in [0.15, 0.2) is 48.5 Å². The number of hydrogen-bond acceptors (Lipinski definition) is 3. The molecule has 0 heterocycles. The minimum Gasteiger partial charge on any atom is -0.384 e. The zero-order valence-corrected chi connectivity index (χ0v) is 14.0. The van der Waals surface area contributed by atoms with Crippen molar-refractivity contribution in [2.45, 2.75) is 18.9 Å². The van der Waals surface area contributed by atoms with Gasteiger partial charge in [0.2, 0.25) is 5.91 Å². The van der Waals surface area contributed by atoms with Crippen molar-refractivity contribution >= 4 is 23.2 Å². The smallest absolute Gasteiger partial charge is 0.250 e. The minimum absolute atomic E-state index is 0.0139. The van der Waals surface area contributed by atoms with E-state index in [0.29, 0.717) is 28.8 Å². The third kappa shape index (κ3) is 4.57. The van der Waals surface area contributed by atoms with E-state index in [4.69, 9.17) is 16.3 Å². The number of benzene rings is 2. The van der Waals surface area contributed by atoms with Gasteiger partial charge in [-0.1, -0.05) is 41.9 Å². The van der Waals surface area contributed by atoms with Gasteiger partial charge in [-0.2, -0.15) is 0 Å². The van der Waals surface area contributed by atoms with Crippen LogP contribution in [0.4, 0.5) is 5.69 Å². The van der Waals surface area contributed by atoms with Crippen molar-refractivity contribution in [3.63, 3.8) is 0 Å². The molecule has 0 saturated heterocycles. The van der Waals surface area contributed by atoms with E-state index >= 15 is 0 Å². The molecule has 1 fully saturated rings. The molecule has 0 radical (unpaired) electrons. The SMILES string of the molecule is O=C(COCC1CC1)Nc1ccc(Cl)cc1C(O)c1ccccc1. The van der Waals surface area contributed by atoms with Crippen LogP contribution in [0.5, 0.6) is 0 Å². The number of ether oxygens (including phenoxy) is 1. The lowest BCUT2D eigenvalue weighted by atomic mass is 10.00. The molecule has 0 aliphatic heterocycles. The molecule has 1 unspecified atom stereocenters. The molecule has 2 N–H and O–H groups in total. The predicted octanol–water partition coefficient (Wildman–Crippen LogP) is 3.79. The maximum Gasteiger partial charge on any atom is 0.250 e. The Hall–Kier alpha value is -1.88. The number of rotatable bonds is 7. The lowest BCUT2D eigenvalue weighted by Crippen LogP contribution is -2.20. The number of hydrogen-bond donors (Lipinski definition) is 2. The summed E-state index contributed by atoms with van der Waals surface area (Å²) in [7, 11) is 0. The Morgan fingerprint density at radius 3 is 2.71 bits per heavy atom. The maximum atomic E-state index is 12.1. The average Bonchev–Trinajstić information content (AvgIpc) is 3.41. The minimum atomic E-state index is -0.868. The third-order valence-electron chi connectivity index (χ3n) is 3.98. The Morgan fingerprint density at radius 1 is 1.25 bits per heavy atom. The largest absolute Gasteiger partial charge is 0.384 e. The van der Waals surface area contributed by atoms with Gasteiger partial charge in [0, 0.05) is 16.3 Å². The molecule has 0 aromatic heterocycles. The fourth-order valence-corrected chi connectivity index (χ4v) is 2.66. The van der Waals surface area contributed by atoms with Crippen molar-refractivity contribution < 1.29 is 14.6 Å². The number of anilines is 1. The van der Waals surface area contributed by atoms with E-state index in [1.165, 1.54) is 12.8 Å². The maximum absolute atomic E-state index is 12.1. The van der Waals surface area contributed by atoms with E-state index in [9.17, 15) is 9.90 Å². The van der Waals surface area contributed by atoms with Gasteiger partial charge >= 0.3 is 0 Å². The summed E-state index contributed by atoms with van der Waals surface area (Å²) in [6.07, 6.45) is 1.51. The third-order valence-corrected chi connectivity index (χ3v) is 4.22. The van der Waals surface area contributed by atoms with Crippen LogP contribution >= 0.6 is 11.6 Å². The lowest BCUT2D eigenvalue weighted by molar-refractivity contribution is -0.120. The van der Waals surface area contributed by atoms with Gasteiger partial charge in [-0.3, -0.25) is 4.79 Å². The molecule has 2 aromatic carbocycles. The number of aliphatic hydroxyl groups is 1. The molecule has 126 valence electrons. The van der Waals surface area contributed by atoms with Crippen LogP contribution < -0.4 is 5.32 Å². The van der Waals surface area contributed by atoms with Crippen molar-refractivity contribution in [3.8, 4) is 0 Å². The lowest BCUT2D eigenvalue weighted by Gasteiger charge is -2.17. The van der Waals surface area contributed by atoms with Crippen molar-refractivity contribution in [1.29, 1.82) is 0 Å². The van der Waals surface area contributed by atoms with Gasteiger partial charge in [0.1, 0.15) is 12.7 Å². The number of aliphatic hydroxyl groups excluding tert-OH is 1. The quantitative estimate of drug-likeness (QED) is 0.802. The summed E-state index contributed by atoms with van der Waals surface area (Å²) in [5.74, 6) is 0.378. The second kappa shape index (κ2) is 7.79. The summed E-state index contributed by atoms with van der Waals surface area (Å²) in [6, 6.07) is 14.3. The fraction of sp³-hybridized carbons (Fsp3) is 0.316. The average molecular weight is 346 g/mol. The highest BCUT2D eigenvalue weighted by molar-refractivity contribution is 6.30. The molecule has 2 aromatic rings. The Kier molecular flexibility index (Phi) is 5.51. The van der Waals surface area contributed by atoms with Crippen LogP contribution in [-0.2, 0) is 9.53 Å². The summed E-state index contributed by atoms with van der Waals surface area (Å²) >= 11 is 6.06. The zero-order valence-electron chi connectivity index (χ0n) is 13.2. The zero-order chi connectivity index (χ0) is 16.9. The van der Waals surface area contributed by atoms with Crippen molar-refractivity contribution in [2.24, 2.45) is 5.92 Å². The monoisotopic (exact) mass is 345 g/mol. The van der Waals surface area contributed by atoms with Gasteiger partial charge < -0.3 is 15.2 Å². The molecule has 1 atom stereocenters. The molecular formula is C19H20ClNO3. The number of amides is 1. The summed E-state index contributed by atoms with van der Waals surface area (Å²) in [4.78, 5) is 12.1. The summed E-state index contributed by atoms with van der Waals surface area (Å²) in [5.41, 5.74) is 1.83. The van der Waals surface area contributed by atoms with Gasteiger partial charge in [0.25, 0.3) is 0 Å². The highest BCUT2D eigenvalue weighted by atomic mass is 35.5. The van der Waals surface area contributed by atoms with Crippen LogP contribution in [0.2, 0.25) is 5.02 Å². The van der Waals surface area contributed by atoms with Gasteiger partial charge in [-0.05, 0) is 42.5 Å². The molecule has 5 heteroatoms. The molecule has 0 spiro atoms. The number of nitrogens with one attached hydrogen (secondary N) is 1. The summed E-state index contributed by atoms with van der Waals surface area (Å²) < 4.78 is 5.40. The second-order valence-corrected chi connectivity index (χ2v) is 6.49. The van der Waals surface area contributed by atoms with Crippen molar-refractivity contribution in [1.82, 2.24) is 0 Å². The van der Waals surface area contributed by atoms with Gasteiger partial charge in [0.05, 0.1) is 6.61 Å². The van der Waals surface area contributed by atoms with Gasteiger partial charge in [-0.25, -0.2) is 0 Å². The molecule has 1 saturated carbocycles. The first-order valence-electron chi connectivity index (χ1n) is 8.03. The molecule has 1 amide bonds. The first kappa shape index (κ1) is 17.0. The van der Waals surface area contributed by atoms with E-state index in [1.54, 1.807) is 18.2 Å². The first-order valence-corrected chi connectivity index (χ1v) is 8.41. The highest BCUT2D eigenvalue weighted by Crippen LogP contribution is 2.31. The van der Waals surface area contributed by atoms with E-state index in [-0.39, 0.29) is 12.5 Å². The highest BCUT2D eigenvalue weighted by Gasteiger charge is 2.22. The molecule has 24 heavy (non-hydrogen) atoms. The molecule has 4 nitrogen and oxygen atoms in total. The normalized spacial score (nSPS) is 15.1. The fourth-order valence-electron chi connectivity index (χ4n) is 2.48. The predicted molar refractivity (Wildman–Crippen MR) is 94.1 cm³/mol. The van der Waals surface area contributed by atoms with E-state index in [1.807, 2.05) is 30.3 Å². The number of carbonyl (C=O) groups is 1. The van der Waals surface area contributed by atoms with E-state index in [0.717, 1.165) is 5.56 Å². The van der Waals surface area contributed by atoms with Crippen LogP contribution in [0.3, 0.4) is 0 Å². The molecule has 3 rings (SSSR count). The molecule has 0 bridgehead atoms. The number of carbonyl (C=O) groups excluding carboxylic acids is 1. The molecule has 1 aliphatic carbocycles. The number of halogens is 1. The Labute approximate surface area is 146 Å². The van der Waals surface area contributed by atoms with E-state index < -0.39 is 6.10 Å². The Morgan fingerprint density at radius 2 is 2.00 bits per heavy atom. The van der Waals surface area contributed by atoms with Crippen molar-refractivity contribution in [3.05, 3.63) is 64.7 Å². The standard InChI is InChI=1S/C19H20ClNO3/c20-15-8-9-17(21-18(22)12-24-11-13-6-7-13)16(10-15)19(23)14-4-2-1-3-5-14/h1-5,8-10,13,19,23H,6-7,11-12H2,(H,21,22). The van der Waals surface area contributed by atoms with Crippen LogP contribution in [0.1, 0.15) is 30.1 Å². The van der Waals surface area contributed by atoms with Crippen LogP contribution in [0, 0.1) is 5.92 Å². The summed E-state index contributed by atoms with van der Waals surface area (Å²) in [5, 5.41) is 13.9. The van der Waals surface area contributed by atoms with E-state index in [2.05, 4.69) is 5.32 Å².